The maximum atomic E-state index is 5.75. The van der Waals surface area contributed by atoms with Gasteiger partial charge in [-0.05, 0) is 24.3 Å². The molecule has 0 unspecified atom stereocenters. The number of nitrogens with zero attached hydrogens (tertiary/aromatic N) is 4. The Morgan fingerprint density at radius 2 is 1.92 bits per heavy atom. The molecule has 2 aromatic heterocycles. The van der Waals surface area contributed by atoms with Crippen molar-refractivity contribution in [1.29, 1.82) is 0 Å². The van der Waals surface area contributed by atoms with Gasteiger partial charge >= 0.3 is 0 Å². The van der Waals surface area contributed by atoms with E-state index in [1.54, 1.807) is 12.5 Å². The standard InChI is InChI=1S/C18H14N4O2/c1-2-5-14(6-3-1)18-21-20-17(24-18)12-23-16-8-4-7-15(11-16)22-10-9-19-13-22/h1-11,13H,12H2. The molecule has 0 spiro atoms. The summed E-state index contributed by atoms with van der Waals surface area (Å²) < 4.78 is 13.3. The summed E-state index contributed by atoms with van der Waals surface area (Å²) in [4.78, 5) is 4.04. The van der Waals surface area contributed by atoms with Crippen LogP contribution < -0.4 is 4.74 Å². The van der Waals surface area contributed by atoms with Crippen LogP contribution in [-0.2, 0) is 6.61 Å². The van der Waals surface area contributed by atoms with Crippen molar-refractivity contribution in [3.8, 4) is 22.9 Å². The van der Waals surface area contributed by atoms with Gasteiger partial charge in [-0.15, -0.1) is 10.2 Å². The van der Waals surface area contributed by atoms with E-state index in [0.717, 1.165) is 17.0 Å². The molecule has 0 fully saturated rings. The Labute approximate surface area is 138 Å². The SMILES string of the molecule is c1ccc(-c2nnc(COc3cccc(-n4ccnc4)c3)o2)cc1. The van der Waals surface area contributed by atoms with Gasteiger partial charge in [-0.3, -0.25) is 0 Å². The zero-order chi connectivity index (χ0) is 16.2. The normalized spacial score (nSPS) is 10.7. The lowest BCUT2D eigenvalue weighted by Crippen LogP contribution is -1.97. The van der Waals surface area contributed by atoms with Crippen molar-refractivity contribution < 1.29 is 9.15 Å². The average molecular weight is 318 g/mol. The van der Waals surface area contributed by atoms with E-state index >= 15 is 0 Å². The molecule has 4 rings (SSSR count). The fourth-order valence-electron chi connectivity index (χ4n) is 2.30. The predicted molar refractivity (Wildman–Crippen MR) is 87.6 cm³/mol. The van der Waals surface area contributed by atoms with E-state index < -0.39 is 0 Å². The molecule has 0 aliphatic carbocycles. The van der Waals surface area contributed by atoms with Crippen LogP contribution in [0.1, 0.15) is 5.89 Å². The Morgan fingerprint density at radius 1 is 1.00 bits per heavy atom. The molecule has 4 aromatic rings. The number of hydrogen-bond donors (Lipinski definition) is 0. The molecule has 0 aliphatic rings. The van der Waals surface area contributed by atoms with Crippen LogP contribution >= 0.6 is 0 Å². The smallest absolute Gasteiger partial charge is 0.254 e. The minimum atomic E-state index is 0.215. The van der Waals surface area contributed by atoms with E-state index in [1.165, 1.54) is 0 Å². The van der Waals surface area contributed by atoms with E-state index in [1.807, 2.05) is 65.4 Å². The molecule has 2 aromatic carbocycles. The van der Waals surface area contributed by atoms with Gasteiger partial charge in [-0.25, -0.2) is 4.98 Å². The molecule has 0 atom stereocenters. The highest BCUT2D eigenvalue weighted by atomic mass is 16.5. The largest absolute Gasteiger partial charge is 0.484 e. The molecule has 0 saturated carbocycles. The highest BCUT2D eigenvalue weighted by Gasteiger charge is 2.09. The first-order valence-corrected chi connectivity index (χ1v) is 7.47. The summed E-state index contributed by atoms with van der Waals surface area (Å²) in [5.74, 6) is 1.64. The van der Waals surface area contributed by atoms with Crippen LogP contribution in [-0.4, -0.2) is 19.7 Å². The van der Waals surface area contributed by atoms with Crippen LogP contribution in [0.15, 0.2) is 77.7 Å². The van der Waals surface area contributed by atoms with E-state index in [-0.39, 0.29) is 6.61 Å². The van der Waals surface area contributed by atoms with Crippen molar-refractivity contribution in [2.45, 2.75) is 6.61 Å². The van der Waals surface area contributed by atoms with E-state index in [0.29, 0.717) is 11.8 Å². The van der Waals surface area contributed by atoms with E-state index in [9.17, 15) is 0 Å². The Balaban J connectivity index is 1.46. The summed E-state index contributed by atoms with van der Waals surface area (Å²) in [6, 6.07) is 17.4. The van der Waals surface area contributed by atoms with Crippen molar-refractivity contribution in [2.75, 3.05) is 0 Å². The molecule has 6 heteroatoms. The van der Waals surface area contributed by atoms with Crippen LogP contribution in [0, 0.1) is 0 Å². The highest BCUT2D eigenvalue weighted by Crippen LogP contribution is 2.20. The second kappa shape index (κ2) is 6.37. The maximum Gasteiger partial charge on any atom is 0.254 e. The Kier molecular flexibility index (Phi) is 3.77. The number of benzene rings is 2. The van der Waals surface area contributed by atoms with Crippen LogP contribution in [0.25, 0.3) is 17.1 Å². The first kappa shape index (κ1) is 14.2. The minimum absolute atomic E-state index is 0.215. The second-order valence-corrected chi connectivity index (χ2v) is 5.12. The van der Waals surface area contributed by atoms with Gasteiger partial charge in [0.05, 0.1) is 12.0 Å². The third-order valence-electron chi connectivity index (χ3n) is 3.47. The summed E-state index contributed by atoms with van der Waals surface area (Å²) >= 11 is 0. The van der Waals surface area contributed by atoms with Gasteiger partial charge in [0, 0.05) is 24.0 Å². The first-order chi connectivity index (χ1) is 11.9. The van der Waals surface area contributed by atoms with Crippen LogP contribution in [0.2, 0.25) is 0 Å². The quantitative estimate of drug-likeness (QED) is 0.563. The monoisotopic (exact) mass is 318 g/mol. The molecule has 0 aliphatic heterocycles. The summed E-state index contributed by atoms with van der Waals surface area (Å²) in [6.07, 6.45) is 5.35. The van der Waals surface area contributed by atoms with Gasteiger partial charge < -0.3 is 13.7 Å². The van der Waals surface area contributed by atoms with Gasteiger partial charge in [0.1, 0.15) is 5.75 Å². The third kappa shape index (κ3) is 3.03. The van der Waals surface area contributed by atoms with Crippen molar-refractivity contribution >= 4 is 0 Å². The Hall–Kier alpha value is -3.41. The van der Waals surface area contributed by atoms with Crippen LogP contribution in [0.5, 0.6) is 5.75 Å². The zero-order valence-corrected chi connectivity index (χ0v) is 12.7. The lowest BCUT2D eigenvalue weighted by atomic mass is 10.2. The summed E-state index contributed by atoms with van der Waals surface area (Å²) in [5, 5.41) is 8.07. The number of aromatic nitrogens is 4. The molecular weight excluding hydrogens is 304 g/mol. The molecule has 6 nitrogen and oxygen atoms in total. The minimum Gasteiger partial charge on any atom is -0.484 e. The lowest BCUT2D eigenvalue weighted by Gasteiger charge is -2.06. The number of ether oxygens (including phenoxy) is 1. The average Bonchev–Trinajstić information content (AvgIpc) is 3.33. The molecule has 0 saturated heterocycles. The van der Waals surface area contributed by atoms with Gasteiger partial charge in [-0.1, -0.05) is 24.3 Å². The fourth-order valence-corrected chi connectivity index (χ4v) is 2.30. The first-order valence-electron chi connectivity index (χ1n) is 7.47. The highest BCUT2D eigenvalue weighted by molar-refractivity contribution is 5.51. The van der Waals surface area contributed by atoms with Crippen molar-refractivity contribution in [1.82, 2.24) is 19.7 Å². The van der Waals surface area contributed by atoms with Gasteiger partial charge in [0.15, 0.2) is 6.61 Å². The topological polar surface area (TPSA) is 66.0 Å². The fraction of sp³-hybridized carbons (Fsp3) is 0.0556. The third-order valence-corrected chi connectivity index (χ3v) is 3.47. The molecular formula is C18H14N4O2. The molecule has 0 bridgehead atoms. The van der Waals surface area contributed by atoms with Crippen molar-refractivity contribution in [3.05, 3.63) is 79.2 Å². The zero-order valence-electron chi connectivity index (χ0n) is 12.7. The summed E-state index contributed by atoms with van der Waals surface area (Å²) in [7, 11) is 0. The van der Waals surface area contributed by atoms with Gasteiger partial charge in [0.2, 0.25) is 5.89 Å². The number of imidazole rings is 1. The second-order valence-electron chi connectivity index (χ2n) is 5.12. The van der Waals surface area contributed by atoms with Crippen molar-refractivity contribution in [3.63, 3.8) is 0 Å². The number of hydrogen-bond acceptors (Lipinski definition) is 5. The predicted octanol–water partition coefficient (Wildman–Crippen LogP) is 3.50. The lowest BCUT2D eigenvalue weighted by molar-refractivity contribution is 0.264. The Bertz CT molecular complexity index is 917. The van der Waals surface area contributed by atoms with Crippen molar-refractivity contribution in [2.24, 2.45) is 0 Å². The van der Waals surface area contributed by atoms with E-state index in [4.69, 9.17) is 9.15 Å². The molecule has 0 N–H and O–H groups in total. The number of rotatable bonds is 5. The summed E-state index contributed by atoms with van der Waals surface area (Å²) in [5.41, 5.74) is 1.86. The molecule has 118 valence electrons. The Morgan fingerprint density at radius 3 is 2.75 bits per heavy atom. The van der Waals surface area contributed by atoms with E-state index in [2.05, 4.69) is 15.2 Å². The van der Waals surface area contributed by atoms with Gasteiger partial charge in [-0.2, -0.15) is 0 Å². The molecule has 2 heterocycles. The summed E-state index contributed by atoms with van der Waals surface area (Å²) in [6.45, 7) is 0.215. The van der Waals surface area contributed by atoms with Crippen LogP contribution in [0.4, 0.5) is 0 Å². The van der Waals surface area contributed by atoms with Gasteiger partial charge in [0.25, 0.3) is 5.89 Å². The molecule has 0 radical (unpaired) electrons. The maximum absolute atomic E-state index is 5.75. The molecule has 0 amide bonds. The molecule has 24 heavy (non-hydrogen) atoms. The van der Waals surface area contributed by atoms with Crippen LogP contribution in [0.3, 0.4) is 0 Å².